The van der Waals surface area contributed by atoms with Crippen LogP contribution in [0.2, 0.25) is 0 Å². The number of nitrogens with two attached hydrogens (primary N) is 1. The second-order valence-corrected chi connectivity index (χ2v) is 7.60. The maximum Gasteiger partial charge on any atom is 0.222 e. The van der Waals surface area contributed by atoms with E-state index in [1.54, 1.807) is 6.92 Å². The quantitative estimate of drug-likeness (QED) is 0.412. The predicted molar refractivity (Wildman–Crippen MR) is 89.3 cm³/mol. The lowest BCUT2D eigenvalue weighted by molar-refractivity contribution is -0.129. The van der Waals surface area contributed by atoms with Gasteiger partial charge in [-0.1, -0.05) is 6.92 Å². The number of carbonyl (C=O) groups excluding carboxylic acids is 1. The first-order valence-electron chi connectivity index (χ1n) is 8.88. The van der Waals surface area contributed by atoms with Crippen LogP contribution in [-0.2, 0) is 14.3 Å². The van der Waals surface area contributed by atoms with Crippen molar-refractivity contribution in [3.8, 4) is 0 Å². The summed E-state index contributed by atoms with van der Waals surface area (Å²) in [5.74, 6) is -0.118. The lowest BCUT2D eigenvalue weighted by Crippen LogP contribution is -2.51. The second-order valence-electron chi connectivity index (χ2n) is 7.60. The molecule has 1 amide bonds. The molecule has 7 heteroatoms. The van der Waals surface area contributed by atoms with Gasteiger partial charge in [-0.25, -0.2) is 0 Å². The van der Waals surface area contributed by atoms with E-state index in [0.717, 1.165) is 12.8 Å². The maximum atomic E-state index is 12.3. The van der Waals surface area contributed by atoms with Gasteiger partial charge in [-0.3, -0.25) is 4.79 Å². The van der Waals surface area contributed by atoms with Crippen molar-refractivity contribution >= 4 is 5.91 Å². The highest BCUT2D eigenvalue weighted by Gasteiger charge is 2.47. The Labute approximate surface area is 143 Å². The molecule has 24 heavy (non-hydrogen) atoms. The minimum absolute atomic E-state index is 0.0506. The smallest absolute Gasteiger partial charge is 0.222 e. The first-order chi connectivity index (χ1) is 11.2. The third-order valence-corrected chi connectivity index (χ3v) is 5.30. The Kier molecular flexibility index (Phi) is 6.61. The summed E-state index contributed by atoms with van der Waals surface area (Å²) in [5.41, 5.74) is 5.17. The van der Waals surface area contributed by atoms with Crippen LogP contribution < -0.4 is 11.1 Å². The molecule has 7 nitrogen and oxygen atoms in total. The van der Waals surface area contributed by atoms with E-state index in [2.05, 4.69) is 5.32 Å². The number of epoxide rings is 1. The van der Waals surface area contributed by atoms with Gasteiger partial charge in [0.05, 0.1) is 37.9 Å². The van der Waals surface area contributed by atoms with Gasteiger partial charge in [0.1, 0.15) is 5.60 Å². The zero-order chi connectivity index (χ0) is 17.9. The second kappa shape index (κ2) is 8.10. The number of hydrogen-bond acceptors (Lipinski definition) is 6. The normalized spacial score (nSPS) is 33.9. The molecular formula is C17H32N2O5. The number of aliphatic hydroxyl groups is 2. The van der Waals surface area contributed by atoms with E-state index in [4.69, 9.17) is 15.2 Å². The van der Waals surface area contributed by atoms with Crippen LogP contribution in [0.25, 0.3) is 0 Å². The molecule has 1 unspecified atom stereocenters. The fourth-order valence-electron chi connectivity index (χ4n) is 3.05. The van der Waals surface area contributed by atoms with Gasteiger partial charge in [0, 0.05) is 24.4 Å². The Morgan fingerprint density at radius 2 is 2.04 bits per heavy atom. The van der Waals surface area contributed by atoms with E-state index >= 15 is 0 Å². The number of carbonyl (C=O) groups is 1. The molecule has 1 saturated heterocycles. The molecule has 0 aromatic rings. The van der Waals surface area contributed by atoms with Crippen molar-refractivity contribution in [3.05, 3.63) is 0 Å². The highest BCUT2D eigenvalue weighted by molar-refractivity contribution is 5.77. The summed E-state index contributed by atoms with van der Waals surface area (Å²) in [6.07, 6.45) is 1.27. The predicted octanol–water partition coefficient (Wildman–Crippen LogP) is -0.0756. The third-order valence-electron chi connectivity index (χ3n) is 5.30. The fraction of sp³-hybridized carbons (Fsp3) is 0.941. The van der Waals surface area contributed by atoms with Crippen molar-refractivity contribution in [2.45, 2.75) is 82.5 Å². The van der Waals surface area contributed by atoms with Crippen LogP contribution in [0.5, 0.6) is 0 Å². The molecule has 1 heterocycles. The standard InChI is InChI=1S/C17H32N2O5/c1-10(11(2)21)12(3)24-15(7-17(8-20)9-23-17)6-16(22)19-14-4-13(18)5-14/h10-15,20-21H,4-9,18H2,1-3H3,(H,19,22)/t10-,11?,12-,13?,14?,15+,17-/m0/s1. The average molecular weight is 344 g/mol. The van der Waals surface area contributed by atoms with Crippen molar-refractivity contribution in [2.75, 3.05) is 13.2 Å². The van der Waals surface area contributed by atoms with Crippen LogP contribution in [0.1, 0.15) is 46.5 Å². The van der Waals surface area contributed by atoms with Gasteiger partial charge >= 0.3 is 0 Å². The highest BCUT2D eigenvalue weighted by Crippen LogP contribution is 2.34. The van der Waals surface area contributed by atoms with Gasteiger partial charge in [0.15, 0.2) is 0 Å². The van der Waals surface area contributed by atoms with Gasteiger partial charge in [-0.2, -0.15) is 0 Å². The number of nitrogens with one attached hydrogen (secondary N) is 1. The summed E-state index contributed by atoms with van der Waals surface area (Å²) in [7, 11) is 0. The molecule has 0 spiro atoms. The minimum Gasteiger partial charge on any atom is -0.393 e. The first-order valence-corrected chi connectivity index (χ1v) is 8.88. The number of ether oxygens (including phenoxy) is 2. The fourth-order valence-corrected chi connectivity index (χ4v) is 3.05. The largest absolute Gasteiger partial charge is 0.393 e. The van der Waals surface area contributed by atoms with Crippen LogP contribution in [0, 0.1) is 5.92 Å². The van der Waals surface area contributed by atoms with E-state index in [1.165, 1.54) is 0 Å². The van der Waals surface area contributed by atoms with Crippen LogP contribution in [0.15, 0.2) is 0 Å². The zero-order valence-electron chi connectivity index (χ0n) is 14.9. The zero-order valence-corrected chi connectivity index (χ0v) is 14.9. The summed E-state index contributed by atoms with van der Waals surface area (Å²) in [4.78, 5) is 12.3. The molecule has 0 aromatic heterocycles. The van der Waals surface area contributed by atoms with Crippen LogP contribution in [-0.4, -0.2) is 65.3 Å². The highest BCUT2D eigenvalue weighted by atomic mass is 16.6. The van der Waals surface area contributed by atoms with Gasteiger partial charge in [0.25, 0.3) is 0 Å². The lowest BCUT2D eigenvalue weighted by Gasteiger charge is -2.34. The molecule has 0 radical (unpaired) electrons. The Balaban J connectivity index is 1.88. The van der Waals surface area contributed by atoms with Crippen LogP contribution in [0.3, 0.4) is 0 Å². The third kappa shape index (κ3) is 5.39. The maximum absolute atomic E-state index is 12.3. The minimum atomic E-state index is -0.572. The van der Waals surface area contributed by atoms with Crippen molar-refractivity contribution in [3.63, 3.8) is 0 Å². The number of amides is 1. The summed E-state index contributed by atoms with van der Waals surface area (Å²) >= 11 is 0. The number of hydrogen-bond donors (Lipinski definition) is 4. The molecule has 2 rings (SSSR count). The van der Waals surface area contributed by atoms with Crippen molar-refractivity contribution < 1.29 is 24.5 Å². The van der Waals surface area contributed by atoms with Crippen LogP contribution >= 0.6 is 0 Å². The molecule has 1 aliphatic heterocycles. The van der Waals surface area contributed by atoms with Crippen LogP contribution in [0.4, 0.5) is 0 Å². The number of rotatable bonds is 10. The Hall–Kier alpha value is -0.730. The Morgan fingerprint density at radius 3 is 2.50 bits per heavy atom. The summed E-state index contributed by atoms with van der Waals surface area (Å²) < 4.78 is 11.4. The van der Waals surface area contributed by atoms with Gasteiger partial charge in [-0.05, 0) is 26.7 Å². The van der Waals surface area contributed by atoms with E-state index in [0.29, 0.717) is 13.0 Å². The summed E-state index contributed by atoms with van der Waals surface area (Å²) in [6.45, 7) is 5.95. The molecular weight excluding hydrogens is 312 g/mol. The number of aliphatic hydroxyl groups excluding tert-OH is 2. The molecule has 1 saturated carbocycles. The van der Waals surface area contributed by atoms with E-state index < -0.39 is 11.7 Å². The molecule has 0 aromatic carbocycles. The molecule has 2 fully saturated rings. The summed E-state index contributed by atoms with van der Waals surface area (Å²) in [6, 6.07) is 0.345. The average Bonchev–Trinajstić information content (AvgIpc) is 3.24. The molecule has 1 aliphatic carbocycles. The van der Waals surface area contributed by atoms with E-state index in [9.17, 15) is 15.0 Å². The topological polar surface area (TPSA) is 117 Å². The molecule has 2 aliphatic rings. The SMILES string of the molecule is CC(O)[C@H](C)[C@H](C)O[C@H](CC(=O)NC1CC(N)C1)C[C@]1(CO)CO1. The van der Waals surface area contributed by atoms with Gasteiger partial charge in [0.2, 0.25) is 5.91 Å². The monoisotopic (exact) mass is 344 g/mol. The first kappa shape index (κ1) is 19.6. The molecule has 0 bridgehead atoms. The Morgan fingerprint density at radius 1 is 1.42 bits per heavy atom. The van der Waals surface area contributed by atoms with E-state index in [-0.39, 0.29) is 49.1 Å². The molecule has 5 N–H and O–H groups in total. The Bertz CT molecular complexity index is 421. The van der Waals surface area contributed by atoms with Crippen molar-refractivity contribution in [2.24, 2.45) is 11.7 Å². The van der Waals surface area contributed by atoms with Gasteiger partial charge < -0.3 is 30.7 Å². The van der Waals surface area contributed by atoms with Crippen molar-refractivity contribution in [1.29, 1.82) is 0 Å². The summed E-state index contributed by atoms with van der Waals surface area (Å²) in [5, 5.41) is 22.2. The molecule has 140 valence electrons. The van der Waals surface area contributed by atoms with Gasteiger partial charge in [-0.15, -0.1) is 0 Å². The van der Waals surface area contributed by atoms with E-state index in [1.807, 2.05) is 13.8 Å². The lowest BCUT2D eigenvalue weighted by atomic mass is 9.87. The van der Waals surface area contributed by atoms with Crippen molar-refractivity contribution in [1.82, 2.24) is 5.32 Å². The molecule has 5 atom stereocenters.